The van der Waals surface area contributed by atoms with Crippen LogP contribution in [0.3, 0.4) is 0 Å². The molecule has 0 atom stereocenters. The lowest BCUT2D eigenvalue weighted by Crippen LogP contribution is -2.09. The molecule has 1 heterocycles. The molecule has 3 aromatic carbocycles. The summed E-state index contributed by atoms with van der Waals surface area (Å²) < 4.78 is 2.29. The Morgan fingerprint density at radius 3 is 2.18 bits per heavy atom. The highest BCUT2D eigenvalue weighted by molar-refractivity contribution is 6.32. The van der Waals surface area contributed by atoms with Crippen molar-refractivity contribution >= 4 is 28.7 Å². The number of nitrogens with zero attached hydrogens (tertiary/aromatic N) is 2. The third kappa shape index (κ3) is 3.41. The fraction of sp³-hybridized carbons (Fsp3) is 0.115. The van der Waals surface area contributed by atoms with Crippen LogP contribution in [0.15, 0.2) is 91.0 Å². The summed E-state index contributed by atoms with van der Waals surface area (Å²) in [7, 11) is 6.26. The van der Waals surface area contributed by atoms with Gasteiger partial charge in [0.25, 0.3) is 0 Å². The van der Waals surface area contributed by atoms with Gasteiger partial charge in [0.15, 0.2) is 0 Å². The van der Waals surface area contributed by atoms with Crippen molar-refractivity contribution in [1.82, 2.24) is 0 Å². The zero-order valence-corrected chi connectivity index (χ0v) is 16.6. The molecular weight excluding hydrogens is 340 g/mol. The molecular formula is C26H25N2+. The van der Waals surface area contributed by atoms with E-state index in [1.165, 1.54) is 39.3 Å². The van der Waals surface area contributed by atoms with E-state index in [4.69, 9.17) is 0 Å². The molecule has 4 rings (SSSR count). The third-order valence-corrected chi connectivity index (χ3v) is 5.15. The molecule has 0 aliphatic carbocycles. The van der Waals surface area contributed by atoms with Crippen molar-refractivity contribution in [3.8, 4) is 0 Å². The molecule has 2 nitrogen and oxygen atoms in total. The average molecular weight is 366 g/mol. The fourth-order valence-corrected chi connectivity index (χ4v) is 3.68. The van der Waals surface area contributed by atoms with Crippen LogP contribution < -0.4 is 4.90 Å². The molecule has 1 aliphatic heterocycles. The Hall–Kier alpha value is -3.39. The highest BCUT2D eigenvalue weighted by atomic mass is 15.1. The monoisotopic (exact) mass is 365 g/mol. The second-order valence-corrected chi connectivity index (χ2v) is 7.22. The summed E-state index contributed by atoms with van der Waals surface area (Å²) in [4.78, 5) is 2.11. The van der Waals surface area contributed by atoms with Crippen LogP contribution in [0.1, 0.15) is 16.7 Å². The zero-order valence-electron chi connectivity index (χ0n) is 16.6. The van der Waals surface area contributed by atoms with E-state index in [9.17, 15) is 0 Å². The molecule has 0 amide bonds. The summed E-state index contributed by atoms with van der Waals surface area (Å²) in [5.74, 6) is 0. The maximum atomic E-state index is 2.29. The number of hydrogen-bond acceptors (Lipinski definition) is 1. The van der Waals surface area contributed by atoms with E-state index in [2.05, 4.69) is 128 Å². The Kier molecular flexibility index (Phi) is 4.94. The first-order chi connectivity index (χ1) is 13.6. The van der Waals surface area contributed by atoms with Gasteiger partial charge in [0.1, 0.15) is 7.05 Å². The Balaban J connectivity index is 1.71. The summed E-state index contributed by atoms with van der Waals surface area (Å²) in [6.45, 7) is 0. The first kappa shape index (κ1) is 18.0. The topological polar surface area (TPSA) is 6.25 Å². The molecule has 1 aliphatic rings. The van der Waals surface area contributed by atoms with Gasteiger partial charge < -0.3 is 4.90 Å². The first-order valence-electron chi connectivity index (χ1n) is 9.57. The standard InChI is InChI=1S/C26H25N2/c1-27(2)22-18-16-20(17-19-22)10-9-14-24-23-13-7-8-15-25(23)28(3)26(24)21-11-5-4-6-12-21/h4-19H,1-3H3/q+1. The molecule has 0 fully saturated rings. The summed E-state index contributed by atoms with van der Waals surface area (Å²) in [6.07, 6.45) is 6.54. The molecule has 0 spiro atoms. The lowest BCUT2D eigenvalue weighted by molar-refractivity contribution is -0.400. The van der Waals surface area contributed by atoms with Crippen LogP contribution in [0.4, 0.5) is 11.4 Å². The lowest BCUT2D eigenvalue weighted by atomic mass is 9.97. The predicted octanol–water partition coefficient (Wildman–Crippen LogP) is 5.63. The van der Waals surface area contributed by atoms with Crippen LogP contribution in [0.25, 0.3) is 11.6 Å². The molecule has 0 saturated carbocycles. The molecule has 0 unspecified atom stereocenters. The number of fused-ring (bicyclic) bond motifs is 1. The van der Waals surface area contributed by atoms with Gasteiger partial charge in [-0.3, -0.25) is 0 Å². The Morgan fingerprint density at radius 2 is 1.46 bits per heavy atom. The van der Waals surface area contributed by atoms with Crippen LogP contribution >= 0.6 is 0 Å². The van der Waals surface area contributed by atoms with E-state index in [0.717, 1.165) is 0 Å². The van der Waals surface area contributed by atoms with E-state index in [1.54, 1.807) is 0 Å². The van der Waals surface area contributed by atoms with E-state index < -0.39 is 0 Å². The van der Waals surface area contributed by atoms with Gasteiger partial charge in [-0.1, -0.05) is 54.6 Å². The van der Waals surface area contributed by atoms with Gasteiger partial charge in [0.2, 0.25) is 11.4 Å². The van der Waals surface area contributed by atoms with E-state index >= 15 is 0 Å². The second kappa shape index (κ2) is 7.69. The van der Waals surface area contributed by atoms with Gasteiger partial charge in [-0.05, 0) is 42.0 Å². The number of hydrogen-bond donors (Lipinski definition) is 0. The minimum atomic E-state index is 1.20. The quantitative estimate of drug-likeness (QED) is 0.543. The van der Waals surface area contributed by atoms with Crippen molar-refractivity contribution < 1.29 is 4.58 Å². The number of para-hydroxylation sites is 1. The van der Waals surface area contributed by atoms with Crippen molar-refractivity contribution in [3.63, 3.8) is 0 Å². The number of rotatable bonds is 4. The Labute approximate surface area is 167 Å². The summed E-state index contributed by atoms with van der Waals surface area (Å²) in [6, 6.07) is 27.8. The second-order valence-electron chi connectivity index (χ2n) is 7.22. The number of anilines is 1. The summed E-state index contributed by atoms with van der Waals surface area (Å²) in [5.41, 5.74) is 8.66. The van der Waals surface area contributed by atoms with Crippen molar-refractivity contribution in [2.75, 3.05) is 26.0 Å². The fourth-order valence-electron chi connectivity index (χ4n) is 3.68. The molecule has 28 heavy (non-hydrogen) atoms. The number of allylic oxidation sites excluding steroid dienone is 3. The van der Waals surface area contributed by atoms with Crippen molar-refractivity contribution in [2.24, 2.45) is 0 Å². The molecule has 0 saturated heterocycles. The lowest BCUT2D eigenvalue weighted by Gasteiger charge is -2.11. The SMILES string of the molecule is CN(C)c1ccc(C=CC=C2C(c3ccccc3)=[N+](C)c3ccccc32)cc1. The highest BCUT2D eigenvalue weighted by Gasteiger charge is 2.32. The van der Waals surface area contributed by atoms with Crippen LogP contribution in [0.2, 0.25) is 0 Å². The molecule has 2 heteroatoms. The first-order valence-corrected chi connectivity index (χ1v) is 9.57. The van der Waals surface area contributed by atoms with Gasteiger partial charge in [-0.15, -0.1) is 0 Å². The molecule has 0 bridgehead atoms. The largest absolute Gasteiger partial charge is 0.378 e. The van der Waals surface area contributed by atoms with Crippen LogP contribution in [0.5, 0.6) is 0 Å². The molecule has 0 aromatic heterocycles. The normalized spacial score (nSPS) is 14.8. The Morgan fingerprint density at radius 1 is 0.786 bits per heavy atom. The van der Waals surface area contributed by atoms with E-state index in [-0.39, 0.29) is 0 Å². The van der Waals surface area contributed by atoms with Crippen molar-refractivity contribution in [3.05, 3.63) is 108 Å². The van der Waals surface area contributed by atoms with Crippen molar-refractivity contribution in [1.29, 1.82) is 0 Å². The van der Waals surface area contributed by atoms with E-state index in [1.807, 2.05) is 0 Å². The predicted molar refractivity (Wildman–Crippen MR) is 121 cm³/mol. The molecule has 138 valence electrons. The van der Waals surface area contributed by atoms with Crippen molar-refractivity contribution in [2.45, 2.75) is 0 Å². The average Bonchev–Trinajstić information content (AvgIpc) is 3.01. The minimum Gasteiger partial charge on any atom is -0.378 e. The van der Waals surface area contributed by atoms with Gasteiger partial charge in [0, 0.05) is 31.4 Å². The highest BCUT2D eigenvalue weighted by Crippen LogP contribution is 2.35. The van der Waals surface area contributed by atoms with Gasteiger partial charge in [-0.25, -0.2) is 0 Å². The van der Waals surface area contributed by atoms with E-state index in [0.29, 0.717) is 0 Å². The molecule has 3 aromatic rings. The summed E-state index contributed by atoms with van der Waals surface area (Å²) >= 11 is 0. The molecule has 0 radical (unpaired) electrons. The smallest absolute Gasteiger partial charge is 0.220 e. The molecule has 0 N–H and O–H groups in total. The van der Waals surface area contributed by atoms with Crippen LogP contribution in [0, 0.1) is 0 Å². The van der Waals surface area contributed by atoms with Crippen LogP contribution in [-0.4, -0.2) is 31.4 Å². The van der Waals surface area contributed by atoms with Gasteiger partial charge in [-0.2, -0.15) is 4.58 Å². The minimum absolute atomic E-state index is 1.20. The maximum absolute atomic E-state index is 2.29. The number of benzene rings is 3. The summed E-state index contributed by atoms with van der Waals surface area (Å²) in [5, 5.41) is 0. The van der Waals surface area contributed by atoms with Gasteiger partial charge in [0.05, 0.1) is 11.1 Å². The Bertz CT molecular complexity index is 1070. The third-order valence-electron chi connectivity index (χ3n) is 5.15. The zero-order chi connectivity index (χ0) is 19.5. The maximum Gasteiger partial charge on any atom is 0.220 e. The van der Waals surface area contributed by atoms with Crippen LogP contribution in [-0.2, 0) is 0 Å². The van der Waals surface area contributed by atoms with Gasteiger partial charge >= 0.3 is 0 Å².